The van der Waals surface area contributed by atoms with Gasteiger partial charge in [0.05, 0.1) is 12.6 Å². The fourth-order valence-corrected chi connectivity index (χ4v) is 4.41. The van der Waals surface area contributed by atoms with Crippen LogP contribution in [0.15, 0.2) is 59.3 Å². The average Bonchev–Trinajstić information content (AvgIpc) is 2.81. The van der Waals surface area contributed by atoms with Crippen LogP contribution in [-0.2, 0) is 0 Å². The summed E-state index contributed by atoms with van der Waals surface area (Å²) in [6, 6.07) is 10.8. The third kappa shape index (κ3) is 4.98. The van der Waals surface area contributed by atoms with Gasteiger partial charge in [-0.2, -0.15) is 0 Å². The van der Waals surface area contributed by atoms with Crippen molar-refractivity contribution in [3.8, 4) is 5.75 Å². The Kier molecular flexibility index (Phi) is 7.67. The quantitative estimate of drug-likeness (QED) is 0.388. The lowest BCUT2D eigenvalue weighted by molar-refractivity contribution is -0.569. The Morgan fingerprint density at radius 2 is 1.84 bits per heavy atom. The fraction of sp³-hybridized carbons (Fsp3) is 0.400. The molecule has 1 aliphatic carbocycles. The first kappa shape index (κ1) is 22.3. The molecule has 2 aliphatic rings. The second kappa shape index (κ2) is 10.6. The van der Waals surface area contributed by atoms with Gasteiger partial charge in [-0.1, -0.05) is 31.2 Å². The van der Waals surface area contributed by atoms with Crippen LogP contribution in [0.3, 0.4) is 0 Å². The van der Waals surface area contributed by atoms with Gasteiger partial charge in [0.25, 0.3) is 0 Å². The van der Waals surface area contributed by atoms with Gasteiger partial charge in [-0.05, 0) is 37.5 Å². The molecule has 1 unspecified atom stereocenters. The maximum Gasteiger partial charge on any atom is 0.159 e. The van der Waals surface area contributed by atoms with E-state index >= 15 is 0 Å². The van der Waals surface area contributed by atoms with E-state index in [0.717, 1.165) is 67.2 Å². The van der Waals surface area contributed by atoms with Crippen molar-refractivity contribution in [1.82, 2.24) is 4.90 Å². The topological polar surface area (TPSA) is 41.4 Å². The maximum absolute atomic E-state index is 6.43. The first-order valence-corrected chi connectivity index (χ1v) is 12.2. The summed E-state index contributed by atoms with van der Waals surface area (Å²) in [5, 5.41) is 4.65. The molecule has 0 spiro atoms. The van der Waals surface area contributed by atoms with Gasteiger partial charge in [-0.25, -0.2) is 4.99 Å². The minimum atomic E-state index is 0.161. The number of benzene rings is 2. The number of aliphatic imine (C=N–C) groups is 1. The van der Waals surface area contributed by atoms with E-state index in [9.17, 15) is 0 Å². The number of ether oxygens (including phenoxy) is 1. The number of nitrogens with two attached hydrogens (primary N) is 1. The molecule has 0 saturated heterocycles. The first-order chi connectivity index (χ1) is 15.2. The second-order valence-electron chi connectivity index (χ2n) is 7.95. The van der Waals surface area contributed by atoms with Crippen molar-refractivity contribution in [3.05, 3.63) is 54.3 Å². The van der Waals surface area contributed by atoms with Crippen LogP contribution < -0.4 is 10.1 Å². The Morgan fingerprint density at radius 1 is 1.10 bits per heavy atom. The predicted molar refractivity (Wildman–Crippen MR) is 132 cm³/mol. The minimum Gasteiger partial charge on any atom is -0.453 e. The molecule has 1 aliphatic heterocycles. The number of allylic oxidation sites excluding steroid dienone is 1. The van der Waals surface area contributed by atoms with E-state index < -0.39 is 0 Å². The van der Waals surface area contributed by atoms with Gasteiger partial charge in [0.2, 0.25) is 0 Å². The molecule has 1 heterocycles. The highest BCUT2D eigenvalue weighted by molar-refractivity contribution is 6.18. The summed E-state index contributed by atoms with van der Waals surface area (Å²) < 4.78 is 6.43. The van der Waals surface area contributed by atoms with Crippen LogP contribution in [0, 0.1) is 0 Å². The molecule has 4 nitrogen and oxygen atoms in total. The molecule has 164 valence electrons. The monoisotopic (exact) mass is 458 g/mol. The Labute approximate surface area is 194 Å². The van der Waals surface area contributed by atoms with Crippen LogP contribution >= 0.6 is 23.2 Å². The van der Waals surface area contributed by atoms with Crippen LogP contribution in [-0.4, -0.2) is 48.0 Å². The molecule has 0 saturated carbocycles. The van der Waals surface area contributed by atoms with Gasteiger partial charge >= 0.3 is 0 Å². The van der Waals surface area contributed by atoms with Gasteiger partial charge in [-0.3, -0.25) is 4.90 Å². The number of alkyl halides is 2. The summed E-state index contributed by atoms with van der Waals surface area (Å²) in [6.45, 7) is 5.11. The third-order valence-corrected chi connectivity index (χ3v) is 6.26. The summed E-state index contributed by atoms with van der Waals surface area (Å²) >= 11 is 11.9. The van der Waals surface area contributed by atoms with Crippen molar-refractivity contribution in [3.63, 3.8) is 0 Å². The van der Waals surface area contributed by atoms with Crippen molar-refractivity contribution in [2.24, 2.45) is 4.99 Å². The number of halogens is 2. The molecular formula is C25H30Cl2N3O+. The normalized spacial score (nSPS) is 17.2. The number of fused-ring (bicyclic) bond motifs is 4. The zero-order valence-electron chi connectivity index (χ0n) is 18.0. The predicted octanol–water partition coefficient (Wildman–Crippen LogP) is 5.29. The molecule has 2 N–H and O–H groups in total. The maximum atomic E-state index is 6.43. The van der Waals surface area contributed by atoms with Crippen LogP contribution in [0.5, 0.6) is 5.75 Å². The molecule has 0 aromatic heterocycles. The van der Waals surface area contributed by atoms with Crippen LogP contribution in [0.1, 0.15) is 26.2 Å². The number of rotatable bonds is 10. The van der Waals surface area contributed by atoms with Gasteiger partial charge in [0.15, 0.2) is 11.5 Å². The summed E-state index contributed by atoms with van der Waals surface area (Å²) in [7, 11) is 0. The molecule has 0 fully saturated rings. The molecule has 2 aromatic rings. The van der Waals surface area contributed by atoms with Gasteiger partial charge < -0.3 is 10.1 Å². The van der Waals surface area contributed by atoms with Gasteiger partial charge in [0.1, 0.15) is 17.1 Å². The second-order valence-corrected chi connectivity index (χ2v) is 8.71. The lowest BCUT2D eigenvalue weighted by Crippen LogP contribution is -2.77. The van der Waals surface area contributed by atoms with Gasteiger partial charge in [0, 0.05) is 41.7 Å². The molecule has 1 atom stereocenters. The zero-order valence-corrected chi connectivity index (χ0v) is 19.5. The third-order valence-electron chi connectivity index (χ3n) is 5.72. The minimum absolute atomic E-state index is 0.161. The van der Waals surface area contributed by atoms with E-state index in [-0.39, 0.29) is 6.04 Å². The number of hydrogen-bond acceptors (Lipinski definition) is 3. The summed E-state index contributed by atoms with van der Waals surface area (Å²) in [4.78, 5) is 7.40. The lowest BCUT2D eigenvalue weighted by Gasteiger charge is -2.31. The Bertz CT molecular complexity index is 1010. The van der Waals surface area contributed by atoms with Crippen LogP contribution in [0.4, 0.5) is 11.4 Å². The highest BCUT2D eigenvalue weighted by Gasteiger charge is 2.26. The van der Waals surface area contributed by atoms with Crippen molar-refractivity contribution < 1.29 is 10.1 Å². The Balaban J connectivity index is 1.67. The number of nitrogens with zero attached hydrogens (tertiary/aromatic N) is 2. The first-order valence-electron chi connectivity index (χ1n) is 11.2. The summed E-state index contributed by atoms with van der Waals surface area (Å²) in [6.07, 6.45) is 9.48. The van der Waals surface area contributed by atoms with E-state index in [1.54, 1.807) is 0 Å². The smallest absolute Gasteiger partial charge is 0.159 e. The molecular weight excluding hydrogens is 429 g/mol. The van der Waals surface area contributed by atoms with E-state index in [1.807, 2.05) is 0 Å². The molecule has 0 radical (unpaired) electrons. The van der Waals surface area contributed by atoms with Crippen molar-refractivity contribution >= 4 is 51.1 Å². The van der Waals surface area contributed by atoms with Crippen molar-refractivity contribution in [2.45, 2.75) is 32.2 Å². The highest BCUT2D eigenvalue weighted by Crippen LogP contribution is 2.43. The van der Waals surface area contributed by atoms with E-state index in [0.29, 0.717) is 11.8 Å². The van der Waals surface area contributed by atoms with Crippen LogP contribution in [0.25, 0.3) is 10.8 Å². The standard InChI is InChI=1S/C25H29Cl2N3O/c1-2-13-28-22-17-24-25(20-8-4-3-7-19(20)22)29-21-10-9-18(16-23(21)31-24)30(14-5-11-26)15-6-12-27/h3-4,7-10,16-18,28H,2,5-6,11-15H2,1H3/p+1. The molecule has 0 amide bonds. The lowest BCUT2D eigenvalue weighted by atomic mass is 10.0. The SMILES string of the molecule is CCC[NH2+]c1cc2c(c3ccccc13)N=C1C=CC(N(CCCCl)CCCCl)C=C1O2. The van der Waals surface area contributed by atoms with E-state index in [2.05, 4.69) is 65.7 Å². The summed E-state index contributed by atoms with van der Waals surface area (Å²) in [5.74, 6) is 2.98. The van der Waals surface area contributed by atoms with Crippen molar-refractivity contribution in [2.75, 3.05) is 31.4 Å². The molecule has 6 heteroatoms. The summed E-state index contributed by atoms with van der Waals surface area (Å²) in [5.41, 5.74) is 3.01. The number of quaternary nitrogens is 1. The van der Waals surface area contributed by atoms with Gasteiger partial charge in [-0.15, -0.1) is 23.2 Å². The van der Waals surface area contributed by atoms with Crippen molar-refractivity contribution in [1.29, 1.82) is 0 Å². The van der Waals surface area contributed by atoms with E-state index in [4.69, 9.17) is 32.9 Å². The molecule has 31 heavy (non-hydrogen) atoms. The largest absolute Gasteiger partial charge is 0.453 e. The molecule has 2 aromatic carbocycles. The fourth-order valence-electron chi connectivity index (χ4n) is 4.17. The Morgan fingerprint density at radius 3 is 2.55 bits per heavy atom. The van der Waals surface area contributed by atoms with Crippen LogP contribution in [0.2, 0.25) is 0 Å². The number of hydrogen-bond donors (Lipinski definition) is 1. The van der Waals surface area contributed by atoms with E-state index in [1.165, 1.54) is 11.1 Å². The molecule has 0 bridgehead atoms. The highest BCUT2D eigenvalue weighted by atomic mass is 35.5. The molecule has 4 rings (SSSR count). The zero-order chi connectivity index (χ0) is 21.6. The Hall–Kier alpha value is -1.85. The average molecular weight is 459 g/mol.